The van der Waals surface area contributed by atoms with Crippen LogP contribution in [0.2, 0.25) is 0 Å². The number of aryl methyl sites for hydroxylation is 1. The minimum absolute atomic E-state index is 0.0394. The molecule has 25 heavy (non-hydrogen) atoms. The van der Waals surface area contributed by atoms with Crippen LogP contribution in [-0.2, 0) is 11.3 Å². The summed E-state index contributed by atoms with van der Waals surface area (Å²) in [7, 11) is 0. The molecule has 0 bridgehead atoms. The lowest BCUT2D eigenvalue weighted by atomic mass is 10.1. The maximum Gasteiger partial charge on any atom is 0.269 e. The average molecular weight is 353 g/mol. The van der Waals surface area contributed by atoms with Crippen molar-refractivity contribution in [1.82, 2.24) is 4.57 Å². The Labute approximate surface area is 150 Å². The smallest absolute Gasteiger partial charge is 0.269 e. The summed E-state index contributed by atoms with van der Waals surface area (Å²) >= 11 is 1.18. The van der Waals surface area contributed by atoms with Crippen molar-refractivity contribution in [2.75, 3.05) is 13.2 Å². The molecule has 0 unspecified atom stereocenters. The zero-order chi connectivity index (χ0) is 18.2. The summed E-state index contributed by atoms with van der Waals surface area (Å²) in [6.07, 6.45) is 2.44. The topological polar surface area (TPSA) is 78.8 Å². The Bertz CT molecular complexity index is 987. The number of nitrogens with zero attached hydrogens (tertiary/aromatic N) is 3. The Balaban J connectivity index is 2.58. The molecule has 0 saturated heterocycles. The van der Waals surface area contributed by atoms with Gasteiger partial charge in [0.2, 0.25) is 0 Å². The van der Waals surface area contributed by atoms with E-state index < -0.39 is 0 Å². The molecule has 2 aromatic rings. The quantitative estimate of drug-likeness (QED) is 0.740. The van der Waals surface area contributed by atoms with Crippen molar-refractivity contribution < 1.29 is 4.74 Å². The highest BCUT2D eigenvalue weighted by Gasteiger charge is 2.09. The summed E-state index contributed by atoms with van der Waals surface area (Å²) in [5.74, 6) is 0. The fourth-order valence-electron chi connectivity index (χ4n) is 2.41. The molecule has 6 heteroatoms. The molecule has 1 heterocycles. The lowest BCUT2D eigenvalue weighted by molar-refractivity contribution is 0.141. The van der Waals surface area contributed by atoms with Gasteiger partial charge in [0.1, 0.15) is 16.8 Å². The van der Waals surface area contributed by atoms with Crippen molar-refractivity contribution in [3.63, 3.8) is 0 Å². The Morgan fingerprint density at radius 2 is 2.12 bits per heavy atom. The number of benzene rings is 1. The van der Waals surface area contributed by atoms with Crippen LogP contribution in [0.25, 0.3) is 11.6 Å². The molecule has 2 rings (SSSR count). The standard InChI is InChI=1S/C19H19N3O2S/c1-3-24-9-5-8-22-18(23)17(25-19(22)16(12-20)13-21)11-15-7-4-6-14(2)10-15/h4,6-7,10-11H,3,5,8-9H2,1-2H3/b17-11+. The Kier molecular flexibility index (Phi) is 6.71. The van der Waals surface area contributed by atoms with Gasteiger partial charge in [0.05, 0.1) is 4.53 Å². The molecule has 0 N–H and O–H groups in total. The van der Waals surface area contributed by atoms with Gasteiger partial charge in [-0.3, -0.25) is 9.36 Å². The third-order valence-corrected chi connectivity index (χ3v) is 4.69. The molecule has 0 amide bonds. The lowest BCUT2D eigenvalue weighted by Crippen LogP contribution is -2.32. The fourth-order valence-corrected chi connectivity index (χ4v) is 3.49. The summed E-state index contributed by atoms with van der Waals surface area (Å²) in [6, 6.07) is 11.6. The number of ether oxygens (including phenoxy) is 1. The summed E-state index contributed by atoms with van der Waals surface area (Å²) in [4.78, 5) is 12.7. The van der Waals surface area contributed by atoms with Gasteiger partial charge in [-0.25, -0.2) is 0 Å². The van der Waals surface area contributed by atoms with Crippen LogP contribution < -0.4 is 14.8 Å². The first-order chi connectivity index (χ1) is 12.1. The molecule has 0 fully saturated rings. The molecule has 1 aromatic carbocycles. The molecule has 128 valence electrons. The molecular weight excluding hydrogens is 334 g/mol. The molecular formula is C19H19N3O2S. The summed E-state index contributed by atoms with van der Waals surface area (Å²) < 4.78 is 7.74. The van der Waals surface area contributed by atoms with Crippen LogP contribution in [0, 0.1) is 29.6 Å². The van der Waals surface area contributed by atoms with Gasteiger partial charge in [0, 0.05) is 19.8 Å². The number of hydrogen-bond donors (Lipinski definition) is 0. The van der Waals surface area contributed by atoms with Gasteiger partial charge in [0.25, 0.3) is 5.56 Å². The predicted octanol–water partition coefficient (Wildman–Crippen LogP) is 1.67. The van der Waals surface area contributed by atoms with Crippen LogP contribution >= 0.6 is 11.3 Å². The minimum atomic E-state index is -0.180. The Morgan fingerprint density at radius 1 is 1.36 bits per heavy atom. The van der Waals surface area contributed by atoms with E-state index in [2.05, 4.69) is 0 Å². The van der Waals surface area contributed by atoms with E-state index in [1.54, 1.807) is 6.08 Å². The van der Waals surface area contributed by atoms with E-state index in [0.29, 0.717) is 35.4 Å². The number of nitriles is 2. The molecule has 0 spiro atoms. The van der Waals surface area contributed by atoms with E-state index in [4.69, 9.17) is 4.74 Å². The highest BCUT2D eigenvalue weighted by molar-refractivity contribution is 7.07. The Morgan fingerprint density at radius 3 is 2.76 bits per heavy atom. The van der Waals surface area contributed by atoms with Gasteiger partial charge in [-0.05, 0) is 31.9 Å². The highest BCUT2D eigenvalue weighted by Crippen LogP contribution is 2.04. The molecule has 0 atom stereocenters. The number of aromatic nitrogens is 1. The van der Waals surface area contributed by atoms with Gasteiger partial charge in [0.15, 0.2) is 5.57 Å². The van der Waals surface area contributed by atoms with Crippen molar-refractivity contribution in [2.24, 2.45) is 0 Å². The highest BCUT2D eigenvalue weighted by atomic mass is 32.1. The van der Waals surface area contributed by atoms with Crippen LogP contribution in [0.4, 0.5) is 0 Å². The summed E-state index contributed by atoms with van der Waals surface area (Å²) in [5, 5.41) is 18.4. The molecule has 1 aromatic heterocycles. The number of rotatable bonds is 6. The summed E-state index contributed by atoms with van der Waals surface area (Å²) in [6.45, 7) is 5.46. The minimum Gasteiger partial charge on any atom is -0.382 e. The van der Waals surface area contributed by atoms with E-state index in [-0.39, 0.29) is 11.1 Å². The first-order valence-electron chi connectivity index (χ1n) is 8.01. The number of hydrogen-bond acceptors (Lipinski definition) is 5. The van der Waals surface area contributed by atoms with Crippen molar-refractivity contribution in [3.8, 4) is 12.1 Å². The first kappa shape index (κ1) is 18.7. The van der Waals surface area contributed by atoms with Gasteiger partial charge in [-0.15, -0.1) is 11.3 Å². The fraction of sp³-hybridized carbons (Fsp3) is 0.316. The second-order valence-electron chi connectivity index (χ2n) is 5.44. The number of thiazole rings is 1. The van der Waals surface area contributed by atoms with Gasteiger partial charge >= 0.3 is 0 Å². The average Bonchev–Trinajstić information content (AvgIpc) is 2.89. The van der Waals surface area contributed by atoms with Crippen LogP contribution in [-0.4, -0.2) is 17.8 Å². The van der Waals surface area contributed by atoms with Gasteiger partial charge in [-0.1, -0.05) is 29.8 Å². The predicted molar refractivity (Wildman–Crippen MR) is 98.3 cm³/mol. The van der Waals surface area contributed by atoms with E-state index in [1.165, 1.54) is 15.9 Å². The second kappa shape index (κ2) is 8.98. The summed E-state index contributed by atoms with van der Waals surface area (Å²) in [5.41, 5.74) is 1.80. The maximum absolute atomic E-state index is 12.7. The van der Waals surface area contributed by atoms with Crippen molar-refractivity contribution >= 4 is 23.0 Å². The van der Waals surface area contributed by atoms with Crippen LogP contribution in [0.3, 0.4) is 0 Å². The van der Waals surface area contributed by atoms with Crippen molar-refractivity contribution in [1.29, 1.82) is 10.5 Å². The zero-order valence-corrected chi connectivity index (χ0v) is 15.1. The third-order valence-electron chi connectivity index (χ3n) is 3.56. The molecule has 0 saturated carbocycles. The SMILES string of the molecule is CCOCCCn1c(=C(C#N)C#N)s/c(=C/c2cccc(C)c2)c1=O. The van der Waals surface area contributed by atoms with Crippen LogP contribution in [0.5, 0.6) is 0 Å². The van der Waals surface area contributed by atoms with Gasteiger partial charge < -0.3 is 4.74 Å². The van der Waals surface area contributed by atoms with Crippen LogP contribution in [0.15, 0.2) is 29.1 Å². The normalized spacial score (nSPS) is 11.1. The van der Waals surface area contributed by atoms with E-state index in [1.807, 2.05) is 50.3 Å². The largest absolute Gasteiger partial charge is 0.382 e. The van der Waals surface area contributed by atoms with E-state index in [9.17, 15) is 15.3 Å². The van der Waals surface area contributed by atoms with Crippen molar-refractivity contribution in [2.45, 2.75) is 26.8 Å². The second-order valence-corrected chi connectivity index (χ2v) is 6.47. The zero-order valence-electron chi connectivity index (χ0n) is 14.3. The van der Waals surface area contributed by atoms with Crippen molar-refractivity contribution in [3.05, 3.63) is 54.9 Å². The Hall–Kier alpha value is -2.67. The lowest BCUT2D eigenvalue weighted by Gasteiger charge is -2.02. The van der Waals surface area contributed by atoms with Crippen LogP contribution in [0.1, 0.15) is 24.5 Å². The molecule has 0 radical (unpaired) electrons. The first-order valence-corrected chi connectivity index (χ1v) is 8.82. The maximum atomic E-state index is 12.7. The molecule has 0 aliphatic carbocycles. The van der Waals surface area contributed by atoms with E-state index in [0.717, 1.165) is 11.1 Å². The van der Waals surface area contributed by atoms with E-state index >= 15 is 0 Å². The molecule has 0 aliphatic heterocycles. The van der Waals surface area contributed by atoms with Gasteiger partial charge in [-0.2, -0.15) is 10.5 Å². The third kappa shape index (κ3) is 4.67. The molecule has 0 aliphatic rings. The monoisotopic (exact) mass is 353 g/mol. The molecule has 5 nitrogen and oxygen atoms in total.